The third-order valence-corrected chi connectivity index (χ3v) is 6.71. The van der Waals surface area contributed by atoms with Gasteiger partial charge in [-0.15, -0.1) is 11.3 Å². The zero-order chi connectivity index (χ0) is 19.1. The molecule has 1 amide bonds. The number of halogens is 1. The fourth-order valence-corrected chi connectivity index (χ4v) is 5.15. The van der Waals surface area contributed by atoms with Gasteiger partial charge in [-0.2, -0.15) is 0 Å². The summed E-state index contributed by atoms with van der Waals surface area (Å²) < 4.78 is 5.83. The molecule has 4 nitrogen and oxygen atoms in total. The Bertz CT molecular complexity index is 1040. The van der Waals surface area contributed by atoms with E-state index >= 15 is 0 Å². The van der Waals surface area contributed by atoms with Gasteiger partial charge in [-0.25, -0.2) is 0 Å². The zero-order valence-electron chi connectivity index (χ0n) is 15.2. The molecule has 1 aromatic heterocycles. The van der Waals surface area contributed by atoms with Gasteiger partial charge in [0.2, 0.25) is 0 Å². The molecule has 0 aliphatic carbocycles. The van der Waals surface area contributed by atoms with Gasteiger partial charge in [0.15, 0.2) is 0 Å². The summed E-state index contributed by atoms with van der Waals surface area (Å²) in [6.45, 7) is 3.56. The highest BCUT2D eigenvalue weighted by Crippen LogP contribution is 2.42. The van der Waals surface area contributed by atoms with Gasteiger partial charge in [-0.3, -0.25) is 4.79 Å². The number of amides is 1. The first-order valence-corrected chi connectivity index (χ1v) is 10.5. The molecule has 0 radical (unpaired) electrons. The number of thiophene rings is 1. The van der Waals surface area contributed by atoms with E-state index in [1.54, 1.807) is 11.3 Å². The van der Waals surface area contributed by atoms with Gasteiger partial charge in [-0.05, 0) is 36.4 Å². The second-order valence-corrected chi connectivity index (χ2v) is 8.50. The van der Waals surface area contributed by atoms with Crippen LogP contribution in [0.25, 0.3) is 10.4 Å². The number of piperazine rings is 1. The number of rotatable bonds is 2. The van der Waals surface area contributed by atoms with Gasteiger partial charge in [0.25, 0.3) is 5.91 Å². The van der Waals surface area contributed by atoms with Crippen LogP contribution < -0.4 is 9.64 Å². The van der Waals surface area contributed by atoms with Crippen LogP contribution in [0.1, 0.15) is 15.2 Å². The molecule has 3 aromatic rings. The van der Waals surface area contributed by atoms with E-state index in [0.717, 1.165) is 50.4 Å². The molecule has 28 heavy (non-hydrogen) atoms. The van der Waals surface area contributed by atoms with Crippen molar-refractivity contribution in [1.82, 2.24) is 4.90 Å². The summed E-state index contributed by atoms with van der Waals surface area (Å²) >= 11 is 7.69. The summed E-state index contributed by atoms with van der Waals surface area (Å²) in [5.41, 5.74) is 3.29. The Morgan fingerprint density at radius 1 is 1.00 bits per heavy atom. The number of ether oxygens (including phenoxy) is 1. The summed E-state index contributed by atoms with van der Waals surface area (Å²) in [7, 11) is 0. The largest absolute Gasteiger partial charge is 0.488 e. The van der Waals surface area contributed by atoms with Crippen molar-refractivity contribution in [2.45, 2.75) is 6.61 Å². The van der Waals surface area contributed by atoms with Crippen LogP contribution >= 0.6 is 22.9 Å². The highest BCUT2D eigenvalue weighted by Gasteiger charge is 2.27. The minimum atomic E-state index is 0.114. The lowest BCUT2D eigenvalue weighted by Gasteiger charge is -2.36. The van der Waals surface area contributed by atoms with Crippen molar-refractivity contribution >= 4 is 34.5 Å². The second-order valence-electron chi connectivity index (χ2n) is 7.01. The SMILES string of the molecule is O=C(c1cc2c(s1)-c1ccccc1OC2)N1CCN(c2cccc(Cl)c2)CC1. The van der Waals surface area contributed by atoms with E-state index in [1.165, 1.54) is 0 Å². The predicted octanol–water partition coefficient (Wildman–Crippen LogP) is 4.92. The Labute approximate surface area is 172 Å². The van der Waals surface area contributed by atoms with Crippen LogP contribution in [0.15, 0.2) is 54.6 Å². The molecule has 6 heteroatoms. The lowest BCUT2D eigenvalue weighted by molar-refractivity contribution is 0.0751. The Hall–Kier alpha value is -2.50. The maximum absolute atomic E-state index is 13.1. The third kappa shape index (κ3) is 3.15. The van der Waals surface area contributed by atoms with Gasteiger partial charge in [-0.1, -0.05) is 29.8 Å². The van der Waals surface area contributed by atoms with Crippen molar-refractivity contribution in [2.24, 2.45) is 0 Å². The molecule has 0 saturated carbocycles. The summed E-state index contributed by atoms with van der Waals surface area (Å²) in [6, 6.07) is 17.9. The highest BCUT2D eigenvalue weighted by atomic mass is 35.5. The molecule has 142 valence electrons. The smallest absolute Gasteiger partial charge is 0.264 e. The normalized spacial score (nSPS) is 15.6. The standard InChI is InChI=1S/C22H19ClN2O2S/c23-16-4-3-5-17(13-16)24-8-10-25(11-9-24)22(26)20-12-15-14-27-19-7-2-1-6-18(19)21(15)28-20/h1-7,12-13H,8-11,14H2. The van der Waals surface area contributed by atoms with Crippen LogP contribution in [0.5, 0.6) is 5.75 Å². The van der Waals surface area contributed by atoms with Crippen molar-refractivity contribution in [3.8, 4) is 16.2 Å². The van der Waals surface area contributed by atoms with E-state index in [0.29, 0.717) is 19.7 Å². The number of anilines is 1. The lowest BCUT2D eigenvalue weighted by Crippen LogP contribution is -2.48. The van der Waals surface area contributed by atoms with Crippen LogP contribution in [0, 0.1) is 0 Å². The molecule has 5 rings (SSSR count). The molecular weight excluding hydrogens is 392 g/mol. The fraction of sp³-hybridized carbons (Fsp3) is 0.227. The van der Waals surface area contributed by atoms with Crippen molar-refractivity contribution in [1.29, 1.82) is 0 Å². The van der Waals surface area contributed by atoms with E-state index in [9.17, 15) is 4.79 Å². The van der Waals surface area contributed by atoms with Crippen LogP contribution in [0.2, 0.25) is 5.02 Å². The summed E-state index contributed by atoms with van der Waals surface area (Å²) in [4.78, 5) is 19.3. The van der Waals surface area contributed by atoms with E-state index < -0.39 is 0 Å². The number of nitrogens with zero attached hydrogens (tertiary/aromatic N) is 2. The topological polar surface area (TPSA) is 32.8 Å². The molecule has 2 aliphatic rings. The Kier molecular flexibility index (Phi) is 4.49. The van der Waals surface area contributed by atoms with E-state index in [1.807, 2.05) is 47.4 Å². The molecular formula is C22H19ClN2O2S. The fourth-order valence-electron chi connectivity index (χ4n) is 3.80. The van der Waals surface area contributed by atoms with Gasteiger partial charge < -0.3 is 14.5 Å². The van der Waals surface area contributed by atoms with Crippen molar-refractivity contribution in [3.05, 3.63) is 70.1 Å². The number of carbonyl (C=O) groups is 1. The van der Waals surface area contributed by atoms with Gasteiger partial charge in [0, 0.05) is 52.9 Å². The second kappa shape index (κ2) is 7.15. The molecule has 0 spiro atoms. The van der Waals surface area contributed by atoms with E-state index in [4.69, 9.17) is 16.3 Å². The summed E-state index contributed by atoms with van der Waals surface area (Å²) in [6.07, 6.45) is 0. The molecule has 2 aliphatic heterocycles. The Balaban J connectivity index is 1.32. The minimum absolute atomic E-state index is 0.114. The van der Waals surface area contributed by atoms with Crippen molar-refractivity contribution in [3.63, 3.8) is 0 Å². The number of benzene rings is 2. The van der Waals surface area contributed by atoms with Crippen molar-refractivity contribution < 1.29 is 9.53 Å². The maximum Gasteiger partial charge on any atom is 0.264 e. The summed E-state index contributed by atoms with van der Waals surface area (Å²) in [5.74, 6) is 1.01. The van der Waals surface area contributed by atoms with Gasteiger partial charge >= 0.3 is 0 Å². The lowest BCUT2D eigenvalue weighted by atomic mass is 10.1. The molecule has 2 aromatic carbocycles. The predicted molar refractivity (Wildman–Crippen MR) is 114 cm³/mol. The number of hydrogen-bond acceptors (Lipinski definition) is 4. The molecule has 0 atom stereocenters. The van der Waals surface area contributed by atoms with Crippen molar-refractivity contribution in [2.75, 3.05) is 31.1 Å². The number of carbonyl (C=O) groups excluding carboxylic acids is 1. The van der Waals surface area contributed by atoms with Gasteiger partial charge in [0.05, 0.1) is 4.88 Å². The first kappa shape index (κ1) is 17.6. The Morgan fingerprint density at radius 3 is 2.64 bits per heavy atom. The molecule has 0 N–H and O–H groups in total. The molecule has 0 bridgehead atoms. The maximum atomic E-state index is 13.1. The molecule has 3 heterocycles. The summed E-state index contributed by atoms with van der Waals surface area (Å²) in [5, 5.41) is 0.739. The quantitative estimate of drug-likeness (QED) is 0.601. The van der Waals surface area contributed by atoms with E-state index in [-0.39, 0.29) is 5.91 Å². The zero-order valence-corrected chi connectivity index (χ0v) is 16.8. The number of fused-ring (bicyclic) bond motifs is 3. The Morgan fingerprint density at radius 2 is 1.82 bits per heavy atom. The number of para-hydroxylation sites is 1. The monoisotopic (exact) mass is 410 g/mol. The number of hydrogen-bond donors (Lipinski definition) is 0. The van der Waals surface area contributed by atoms with Crippen LogP contribution in [-0.2, 0) is 6.61 Å². The highest BCUT2D eigenvalue weighted by molar-refractivity contribution is 7.17. The average molecular weight is 411 g/mol. The molecule has 1 saturated heterocycles. The van der Waals surface area contributed by atoms with E-state index in [2.05, 4.69) is 17.0 Å². The first-order chi connectivity index (χ1) is 13.7. The molecule has 0 unspecified atom stereocenters. The first-order valence-electron chi connectivity index (χ1n) is 9.34. The minimum Gasteiger partial charge on any atom is -0.488 e. The van der Waals surface area contributed by atoms with Crippen LogP contribution in [-0.4, -0.2) is 37.0 Å². The van der Waals surface area contributed by atoms with Crippen LogP contribution in [0.4, 0.5) is 5.69 Å². The average Bonchev–Trinajstić information content (AvgIpc) is 3.18. The third-order valence-electron chi connectivity index (χ3n) is 5.27. The van der Waals surface area contributed by atoms with Gasteiger partial charge in [0.1, 0.15) is 12.4 Å². The molecule has 1 fully saturated rings. The van der Waals surface area contributed by atoms with Crippen LogP contribution in [0.3, 0.4) is 0 Å².